The SMILES string of the molecule is O=CNC(=O)c1ccccc1Br. The summed E-state index contributed by atoms with van der Waals surface area (Å²) in [5, 5.41) is 2.05. The zero-order valence-corrected chi connectivity index (χ0v) is 7.67. The summed E-state index contributed by atoms with van der Waals surface area (Å²) in [6.45, 7) is 0. The molecule has 3 nitrogen and oxygen atoms in total. The summed E-state index contributed by atoms with van der Waals surface area (Å²) in [4.78, 5) is 21.0. The van der Waals surface area contributed by atoms with E-state index in [4.69, 9.17) is 0 Å². The Labute approximate surface area is 77.9 Å². The van der Waals surface area contributed by atoms with Gasteiger partial charge in [0, 0.05) is 4.47 Å². The number of carbonyl (C=O) groups excluding carboxylic acids is 2. The molecule has 1 rings (SSSR count). The van der Waals surface area contributed by atoms with Crippen molar-refractivity contribution in [3.63, 3.8) is 0 Å². The fourth-order valence-corrected chi connectivity index (χ4v) is 1.24. The Kier molecular flexibility index (Phi) is 2.99. The summed E-state index contributed by atoms with van der Waals surface area (Å²) >= 11 is 3.19. The molecule has 2 amide bonds. The van der Waals surface area contributed by atoms with Crippen LogP contribution in [0.2, 0.25) is 0 Å². The van der Waals surface area contributed by atoms with Gasteiger partial charge in [-0.25, -0.2) is 0 Å². The Morgan fingerprint density at radius 1 is 1.42 bits per heavy atom. The lowest BCUT2D eigenvalue weighted by Gasteiger charge is -1.99. The van der Waals surface area contributed by atoms with E-state index in [2.05, 4.69) is 21.2 Å². The molecule has 4 heteroatoms. The minimum absolute atomic E-state index is 0.363. The molecule has 62 valence electrons. The first-order valence-corrected chi connectivity index (χ1v) is 4.04. The zero-order chi connectivity index (χ0) is 8.97. The van der Waals surface area contributed by atoms with Gasteiger partial charge in [0.15, 0.2) is 0 Å². The van der Waals surface area contributed by atoms with E-state index in [0.717, 1.165) is 0 Å². The molecule has 1 N–H and O–H groups in total. The normalized spacial score (nSPS) is 9.08. The number of halogens is 1. The molecule has 0 aliphatic heterocycles. The molecule has 0 radical (unpaired) electrons. The van der Waals surface area contributed by atoms with Crippen molar-refractivity contribution in [1.29, 1.82) is 0 Å². The topological polar surface area (TPSA) is 46.2 Å². The summed E-state index contributed by atoms with van der Waals surface area (Å²) in [6, 6.07) is 6.88. The molecule has 0 aliphatic rings. The average molecular weight is 228 g/mol. The highest BCUT2D eigenvalue weighted by atomic mass is 79.9. The monoisotopic (exact) mass is 227 g/mol. The van der Waals surface area contributed by atoms with E-state index >= 15 is 0 Å². The van der Waals surface area contributed by atoms with Gasteiger partial charge in [0.2, 0.25) is 6.41 Å². The average Bonchev–Trinajstić information content (AvgIpc) is 2.05. The van der Waals surface area contributed by atoms with E-state index in [0.29, 0.717) is 16.4 Å². The predicted molar refractivity (Wildman–Crippen MR) is 47.7 cm³/mol. The lowest BCUT2D eigenvalue weighted by molar-refractivity contribution is -0.108. The van der Waals surface area contributed by atoms with Crippen molar-refractivity contribution in [2.75, 3.05) is 0 Å². The van der Waals surface area contributed by atoms with Crippen LogP contribution in [0.5, 0.6) is 0 Å². The minimum Gasteiger partial charge on any atom is -0.295 e. The van der Waals surface area contributed by atoms with Crippen LogP contribution >= 0.6 is 15.9 Å². The number of nitrogens with one attached hydrogen (secondary N) is 1. The second-order valence-electron chi connectivity index (χ2n) is 2.07. The van der Waals surface area contributed by atoms with Gasteiger partial charge in [0.1, 0.15) is 0 Å². The van der Waals surface area contributed by atoms with Crippen molar-refractivity contribution >= 4 is 28.2 Å². The molecule has 0 aromatic heterocycles. The Morgan fingerprint density at radius 2 is 2.08 bits per heavy atom. The molecule has 0 aliphatic carbocycles. The van der Waals surface area contributed by atoms with E-state index in [-0.39, 0.29) is 0 Å². The van der Waals surface area contributed by atoms with Gasteiger partial charge in [0.25, 0.3) is 5.91 Å². The van der Waals surface area contributed by atoms with Crippen LogP contribution < -0.4 is 5.32 Å². The number of hydrogen-bond donors (Lipinski definition) is 1. The summed E-state index contributed by atoms with van der Waals surface area (Å²) in [6.07, 6.45) is 0.363. The minimum atomic E-state index is -0.405. The molecule has 0 saturated heterocycles. The first kappa shape index (κ1) is 8.93. The van der Waals surface area contributed by atoms with Gasteiger partial charge in [0.05, 0.1) is 5.56 Å². The molecule has 0 fully saturated rings. The van der Waals surface area contributed by atoms with Crippen molar-refractivity contribution < 1.29 is 9.59 Å². The fourth-order valence-electron chi connectivity index (χ4n) is 0.777. The van der Waals surface area contributed by atoms with Crippen LogP contribution in [0.25, 0.3) is 0 Å². The van der Waals surface area contributed by atoms with E-state index in [9.17, 15) is 9.59 Å². The van der Waals surface area contributed by atoms with Crippen molar-refractivity contribution in [3.05, 3.63) is 34.3 Å². The number of imide groups is 1. The number of rotatable bonds is 2. The first-order valence-electron chi connectivity index (χ1n) is 3.24. The van der Waals surface area contributed by atoms with Gasteiger partial charge in [-0.2, -0.15) is 0 Å². The lowest BCUT2D eigenvalue weighted by atomic mass is 10.2. The molecule has 0 spiro atoms. The highest BCUT2D eigenvalue weighted by Crippen LogP contribution is 2.14. The number of carbonyl (C=O) groups is 2. The van der Waals surface area contributed by atoms with Crippen LogP contribution in [0.3, 0.4) is 0 Å². The predicted octanol–water partition coefficient (Wildman–Crippen LogP) is 1.34. The van der Waals surface area contributed by atoms with Crippen molar-refractivity contribution in [1.82, 2.24) is 5.32 Å². The standard InChI is InChI=1S/C8H6BrNO2/c9-7-4-2-1-3-6(7)8(12)10-5-11/h1-5H,(H,10,11,12). The number of amides is 2. The van der Waals surface area contributed by atoms with Crippen LogP contribution in [0, 0.1) is 0 Å². The summed E-state index contributed by atoms with van der Waals surface area (Å²) < 4.78 is 0.671. The van der Waals surface area contributed by atoms with Crippen molar-refractivity contribution in [3.8, 4) is 0 Å². The lowest BCUT2D eigenvalue weighted by Crippen LogP contribution is -2.21. The third-order valence-corrected chi connectivity index (χ3v) is 2.00. The summed E-state index contributed by atoms with van der Waals surface area (Å²) in [7, 11) is 0. The third-order valence-electron chi connectivity index (χ3n) is 1.31. The number of hydrogen-bond acceptors (Lipinski definition) is 2. The van der Waals surface area contributed by atoms with Crippen molar-refractivity contribution in [2.45, 2.75) is 0 Å². The molecule has 0 atom stereocenters. The highest BCUT2D eigenvalue weighted by Gasteiger charge is 2.06. The molecular formula is C8H6BrNO2. The Hall–Kier alpha value is -1.16. The van der Waals surface area contributed by atoms with Crippen LogP contribution in [0.1, 0.15) is 10.4 Å². The molecular weight excluding hydrogens is 222 g/mol. The highest BCUT2D eigenvalue weighted by molar-refractivity contribution is 9.10. The maximum atomic E-state index is 11.1. The zero-order valence-electron chi connectivity index (χ0n) is 6.08. The van der Waals surface area contributed by atoms with E-state index in [1.807, 2.05) is 0 Å². The van der Waals surface area contributed by atoms with Crippen molar-refractivity contribution in [2.24, 2.45) is 0 Å². The van der Waals surface area contributed by atoms with Crippen LogP contribution in [-0.4, -0.2) is 12.3 Å². The van der Waals surface area contributed by atoms with Crippen LogP contribution in [-0.2, 0) is 4.79 Å². The Balaban J connectivity index is 2.94. The van der Waals surface area contributed by atoms with Gasteiger partial charge in [-0.3, -0.25) is 14.9 Å². The molecule has 0 heterocycles. The van der Waals surface area contributed by atoms with Gasteiger partial charge >= 0.3 is 0 Å². The second-order valence-corrected chi connectivity index (χ2v) is 2.93. The second kappa shape index (κ2) is 4.01. The van der Waals surface area contributed by atoms with Gasteiger partial charge in [-0.15, -0.1) is 0 Å². The molecule has 0 saturated carbocycles. The quantitative estimate of drug-likeness (QED) is 0.776. The van der Waals surface area contributed by atoms with E-state index in [1.54, 1.807) is 24.3 Å². The summed E-state index contributed by atoms with van der Waals surface area (Å²) in [5.41, 5.74) is 0.449. The Bertz CT molecular complexity index is 312. The Morgan fingerprint density at radius 3 is 2.67 bits per heavy atom. The smallest absolute Gasteiger partial charge is 0.258 e. The first-order chi connectivity index (χ1) is 5.75. The van der Waals surface area contributed by atoms with E-state index in [1.165, 1.54) is 0 Å². The van der Waals surface area contributed by atoms with Crippen LogP contribution in [0.15, 0.2) is 28.7 Å². The molecule has 12 heavy (non-hydrogen) atoms. The van der Waals surface area contributed by atoms with E-state index < -0.39 is 5.91 Å². The van der Waals surface area contributed by atoms with Gasteiger partial charge < -0.3 is 0 Å². The molecule has 0 unspecified atom stereocenters. The maximum absolute atomic E-state index is 11.1. The number of benzene rings is 1. The molecule has 1 aromatic rings. The largest absolute Gasteiger partial charge is 0.295 e. The summed E-state index contributed by atoms with van der Waals surface area (Å²) in [5.74, 6) is -0.405. The maximum Gasteiger partial charge on any atom is 0.258 e. The van der Waals surface area contributed by atoms with Gasteiger partial charge in [-0.1, -0.05) is 12.1 Å². The fraction of sp³-hybridized carbons (Fsp3) is 0. The molecule has 1 aromatic carbocycles. The van der Waals surface area contributed by atoms with Gasteiger partial charge in [-0.05, 0) is 28.1 Å². The van der Waals surface area contributed by atoms with Crippen LogP contribution in [0.4, 0.5) is 0 Å². The third kappa shape index (κ3) is 1.92. The molecule has 0 bridgehead atoms.